The molecule has 0 aromatic heterocycles. The smallest absolute Gasteiger partial charge is 0.186 e. The van der Waals surface area contributed by atoms with Gasteiger partial charge in [0, 0.05) is 25.7 Å². The Balaban J connectivity index is 1.50. The largest absolute Gasteiger partial charge is 0.378 e. The van der Waals surface area contributed by atoms with Crippen molar-refractivity contribution in [3.63, 3.8) is 0 Å². The Kier molecular flexibility index (Phi) is 5.71. The van der Waals surface area contributed by atoms with Crippen LogP contribution in [-0.2, 0) is 33.0 Å². The van der Waals surface area contributed by atoms with E-state index in [2.05, 4.69) is 0 Å². The van der Waals surface area contributed by atoms with Crippen molar-refractivity contribution in [2.75, 3.05) is 27.0 Å². The highest BCUT2D eigenvalue weighted by Gasteiger charge is 2.56. The van der Waals surface area contributed by atoms with Crippen LogP contribution in [0.4, 0.5) is 0 Å². The third-order valence-electron chi connectivity index (χ3n) is 5.74. The molecule has 7 atom stereocenters. The lowest BCUT2D eigenvalue weighted by Gasteiger charge is -2.28. The second-order valence-electron chi connectivity index (χ2n) is 7.98. The van der Waals surface area contributed by atoms with Crippen LogP contribution < -0.4 is 5.30 Å². The van der Waals surface area contributed by atoms with Gasteiger partial charge in [0.2, 0.25) is 0 Å². The molecule has 7 nitrogen and oxygen atoms in total. The normalized spacial score (nSPS) is 42.0. The van der Waals surface area contributed by atoms with E-state index in [0.717, 1.165) is 5.30 Å². The first kappa shape index (κ1) is 20.5. The van der Waals surface area contributed by atoms with E-state index < -0.39 is 25.1 Å². The Morgan fingerprint density at radius 3 is 2.50 bits per heavy atom. The summed E-state index contributed by atoms with van der Waals surface area (Å²) < 4.78 is 49.0. The number of rotatable bonds is 6. The molecule has 3 saturated heterocycles. The zero-order valence-electron chi connectivity index (χ0n) is 16.8. The van der Waals surface area contributed by atoms with Crippen LogP contribution in [0.3, 0.4) is 0 Å². The molecule has 3 aliphatic rings. The average Bonchev–Trinajstić information content (AvgIpc) is 3.29. The van der Waals surface area contributed by atoms with Gasteiger partial charge in [0.25, 0.3) is 0 Å². The van der Waals surface area contributed by atoms with Crippen LogP contribution in [0.2, 0.25) is 0 Å². The minimum atomic E-state index is -2.74. The molecule has 156 valence electrons. The summed E-state index contributed by atoms with van der Waals surface area (Å²) in [5, 5.41) is 0.834. The third kappa shape index (κ3) is 3.58. The van der Waals surface area contributed by atoms with Gasteiger partial charge in [-0.25, -0.2) is 0 Å². The van der Waals surface area contributed by atoms with Gasteiger partial charge in [0.05, 0.1) is 12.7 Å². The van der Waals surface area contributed by atoms with E-state index >= 15 is 0 Å². The fourth-order valence-electron chi connectivity index (χ4n) is 4.44. The summed E-state index contributed by atoms with van der Waals surface area (Å²) in [6.45, 7) is 3.98. The summed E-state index contributed by atoms with van der Waals surface area (Å²) in [4.78, 5) is 0. The standard InChI is InChI=1S/C20H29O7P/c1-20(2)26-16-15(25-18(23-4)17(16)27-20)12-24-19-14(22-3)10-11-28(19,21)13-8-6-5-7-9-13/h5-9,14-19H,10-12H2,1-4H3/t14-,15+,16+,17+,18?,19-,28-/m0/s1. The topological polar surface area (TPSA) is 72.5 Å². The van der Waals surface area contributed by atoms with Crippen LogP contribution in [0, 0.1) is 0 Å². The Morgan fingerprint density at radius 2 is 1.82 bits per heavy atom. The fourth-order valence-corrected chi connectivity index (χ4v) is 7.69. The molecule has 0 amide bonds. The summed E-state index contributed by atoms with van der Waals surface area (Å²) in [5.41, 5.74) is 0. The van der Waals surface area contributed by atoms with Gasteiger partial charge in [-0.1, -0.05) is 30.3 Å². The molecule has 0 aliphatic carbocycles. The van der Waals surface area contributed by atoms with Gasteiger partial charge in [0.1, 0.15) is 31.3 Å². The number of hydrogen-bond acceptors (Lipinski definition) is 7. The van der Waals surface area contributed by atoms with Gasteiger partial charge in [-0.3, -0.25) is 0 Å². The first-order chi connectivity index (χ1) is 13.4. The van der Waals surface area contributed by atoms with Crippen molar-refractivity contribution in [3.8, 4) is 0 Å². The first-order valence-electron chi connectivity index (χ1n) is 9.70. The minimum Gasteiger partial charge on any atom is -0.378 e. The van der Waals surface area contributed by atoms with Crippen LogP contribution >= 0.6 is 7.14 Å². The Labute approximate surface area is 165 Å². The zero-order chi connectivity index (χ0) is 19.9. The number of ether oxygens (including phenoxy) is 6. The predicted molar refractivity (Wildman–Crippen MR) is 103 cm³/mol. The van der Waals surface area contributed by atoms with Crippen LogP contribution in [0.1, 0.15) is 20.3 Å². The predicted octanol–water partition coefficient (Wildman–Crippen LogP) is 2.33. The summed E-state index contributed by atoms with van der Waals surface area (Å²) in [6.07, 6.45) is -0.404. The van der Waals surface area contributed by atoms with Gasteiger partial charge >= 0.3 is 0 Å². The summed E-state index contributed by atoms with van der Waals surface area (Å²) >= 11 is 0. The molecule has 0 N–H and O–H groups in total. The van der Waals surface area contributed by atoms with Gasteiger partial charge < -0.3 is 33.0 Å². The van der Waals surface area contributed by atoms with E-state index in [0.29, 0.717) is 12.6 Å². The molecule has 0 spiro atoms. The lowest BCUT2D eigenvalue weighted by Crippen LogP contribution is -2.36. The zero-order valence-corrected chi connectivity index (χ0v) is 17.7. The quantitative estimate of drug-likeness (QED) is 0.664. The highest BCUT2D eigenvalue weighted by Crippen LogP contribution is 2.58. The lowest BCUT2D eigenvalue weighted by atomic mass is 10.1. The van der Waals surface area contributed by atoms with Crippen molar-refractivity contribution in [1.82, 2.24) is 0 Å². The second-order valence-corrected chi connectivity index (χ2v) is 11.0. The number of fused-ring (bicyclic) bond motifs is 1. The fraction of sp³-hybridized carbons (Fsp3) is 0.700. The van der Waals surface area contributed by atoms with Crippen LogP contribution in [0.25, 0.3) is 0 Å². The Bertz CT molecular complexity index is 725. The molecule has 0 bridgehead atoms. The van der Waals surface area contributed by atoms with Crippen molar-refractivity contribution in [2.24, 2.45) is 0 Å². The van der Waals surface area contributed by atoms with E-state index in [-0.39, 0.29) is 31.0 Å². The maximum atomic E-state index is 13.8. The molecule has 4 rings (SSSR count). The van der Waals surface area contributed by atoms with Gasteiger partial charge in [0.15, 0.2) is 12.1 Å². The monoisotopic (exact) mass is 412 g/mol. The van der Waals surface area contributed by atoms with Crippen LogP contribution in [0.5, 0.6) is 0 Å². The van der Waals surface area contributed by atoms with E-state index in [1.54, 1.807) is 14.2 Å². The molecule has 0 saturated carbocycles. The molecule has 0 radical (unpaired) electrons. The maximum Gasteiger partial charge on any atom is 0.186 e. The lowest BCUT2D eigenvalue weighted by molar-refractivity contribution is -0.233. The van der Waals surface area contributed by atoms with Crippen molar-refractivity contribution in [1.29, 1.82) is 0 Å². The van der Waals surface area contributed by atoms with E-state index in [1.165, 1.54) is 0 Å². The van der Waals surface area contributed by atoms with Crippen LogP contribution in [-0.4, -0.2) is 69.3 Å². The highest BCUT2D eigenvalue weighted by molar-refractivity contribution is 7.72. The SMILES string of the molecule is COC1O[C@H](CO[C@@H]2[C@@H](OC)CC[P@]2(=O)c2ccccc2)[C@H]2OC(C)(C)O[C@@H]12. The number of benzene rings is 1. The van der Waals surface area contributed by atoms with E-state index in [1.807, 2.05) is 44.2 Å². The van der Waals surface area contributed by atoms with Crippen molar-refractivity contribution < 1.29 is 33.0 Å². The molecule has 8 heteroatoms. The van der Waals surface area contributed by atoms with Crippen molar-refractivity contribution in [3.05, 3.63) is 30.3 Å². The Morgan fingerprint density at radius 1 is 1.11 bits per heavy atom. The van der Waals surface area contributed by atoms with Gasteiger partial charge in [-0.2, -0.15) is 0 Å². The van der Waals surface area contributed by atoms with Gasteiger partial charge in [-0.15, -0.1) is 0 Å². The summed E-state index contributed by atoms with van der Waals surface area (Å²) in [5.74, 6) is -1.20. The maximum absolute atomic E-state index is 13.8. The molecule has 1 aromatic carbocycles. The van der Waals surface area contributed by atoms with E-state index in [9.17, 15) is 4.57 Å². The molecule has 1 aromatic rings. The summed E-state index contributed by atoms with van der Waals surface area (Å²) in [6, 6.07) is 9.56. The number of methoxy groups -OCH3 is 2. The highest BCUT2D eigenvalue weighted by atomic mass is 31.2. The molecule has 1 unspecified atom stereocenters. The molecule has 28 heavy (non-hydrogen) atoms. The molecule has 3 fully saturated rings. The molecular weight excluding hydrogens is 383 g/mol. The second kappa shape index (κ2) is 7.80. The third-order valence-corrected chi connectivity index (χ3v) is 9.14. The van der Waals surface area contributed by atoms with Crippen LogP contribution in [0.15, 0.2) is 30.3 Å². The van der Waals surface area contributed by atoms with Gasteiger partial charge in [-0.05, 0) is 20.3 Å². The molecular formula is C20H29O7P. The minimum absolute atomic E-state index is 0.210. The summed E-state index contributed by atoms with van der Waals surface area (Å²) in [7, 11) is 0.481. The van der Waals surface area contributed by atoms with Crippen molar-refractivity contribution in [2.45, 2.75) is 62.6 Å². The molecule has 3 aliphatic heterocycles. The van der Waals surface area contributed by atoms with Crippen molar-refractivity contribution >= 4 is 12.4 Å². The molecule has 3 heterocycles. The number of hydrogen-bond donors (Lipinski definition) is 0. The Hall–Kier alpha value is -0.790. The first-order valence-corrected chi connectivity index (χ1v) is 11.7. The average molecular weight is 412 g/mol. The van der Waals surface area contributed by atoms with E-state index in [4.69, 9.17) is 28.4 Å².